The summed E-state index contributed by atoms with van der Waals surface area (Å²) in [5, 5.41) is 21.5. The van der Waals surface area contributed by atoms with Gasteiger partial charge in [-0.1, -0.05) is 21.6 Å². The minimum atomic E-state index is -5.11. The van der Waals surface area contributed by atoms with E-state index in [4.69, 9.17) is 0 Å². The fraction of sp³-hybridized carbons (Fsp3) is 0. The van der Waals surface area contributed by atoms with Crippen molar-refractivity contribution in [2.75, 3.05) is 0 Å². The third-order valence-corrected chi connectivity index (χ3v) is 7.53. The van der Waals surface area contributed by atoms with E-state index in [-0.39, 0.29) is 68.9 Å². The van der Waals surface area contributed by atoms with E-state index in [1.54, 1.807) is 0 Å². The fourth-order valence-electron chi connectivity index (χ4n) is 1.84. The molecule has 0 aliphatic carbocycles. The molecule has 0 aliphatic heterocycles. The molecule has 0 N–H and O–H groups in total. The van der Waals surface area contributed by atoms with Crippen molar-refractivity contribution in [1.82, 2.24) is 0 Å². The molecule has 2 aromatic rings. The standard InChI is InChI=1S/C12H8N2O10S4.2Na/c15-13(16)7-1-3-9(11(5-7)27(19,20)21)25-26-10-4-2-8(14(17)18)6-12(10)28(22,23)24;;/h1-6H,(H,19,20,21)(H,22,23,24);;/q;2*+1/p-2. The van der Waals surface area contributed by atoms with E-state index in [9.17, 15) is 46.2 Å². The first-order chi connectivity index (χ1) is 12.8. The van der Waals surface area contributed by atoms with Crippen LogP contribution in [-0.2, 0) is 20.2 Å². The van der Waals surface area contributed by atoms with Gasteiger partial charge in [-0.3, -0.25) is 20.2 Å². The van der Waals surface area contributed by atoms with Crippen LogP contribution in [-0.4, -0.2) is 35.8 Å². The van der Waals surface area contributed by atoms with Crippen LogP contribution in [0.3, 0.4) is 0 Å². The van der Waals surface area contributed by atoms with Crippen molar-refractivity contribution in [2.45, 2.75) is 19.6 Å². The van der Waals surface area contributed by atoms with E-state index in [0.717, 1.165) is 24.3 Å². The molecule has 0 saturated heterocycles. The summed E-state index contributed by atoms with van der Waals surface area (Å²) < 4.78 is 68.2. The summed E-state index contributed by atoms with van der Waals surface area (Å²) in [4.78, 5) is 17.4. The Hall–Kier alpha value is -0.240. The molecule has 0 atom stereocenters. The maximum absolute atomic E-state index is 11.4. The van der Waals surface area contributed by atoms with E-state index < -0.39 is 51.2 Å². The van der Waals surface area contributed by atoms with Gasteiger partial charge in [-0.2, -0.15) is 0 Å². The monoisotopic (exact) mass is 512 g/mol. The van der Waals surface area contributed by atoms with Crippen LogP contribution in [0.1, 0.15) is 0 Å². The van der Waals surface area contributed by atoms with Crippen molar-refractivity contribution in [3.63, 3.8) is 0 Å². The maximum atomic E-state index is 11.4. The van der Waals surface area contributed by atoms with Gasteiger partial charge in [-0.05, 0) is 12.1 Å². The van der Waals surface area contributed by atoms with Gasteiger partial charge in [0.1, 0.15) is 20.2 Å². The van der Waals surface area contributed by atoms with Crippen LogP contribution >= 0.6 is 21.6 Å². The molecule has 0 unspecified atom stereocenters. The van der Waals surface area contributed by atoms with Crippen molar-refractivity contribution in [2.24, 2.45) is 0 Å². The molecule has 150 valence electrons. The number of benzene rings is 2. The van der Waals surface area contributed by atoms with Gasteiger partial charge in [0.2, 0.25) is 0 Å². The summed E-state index contributed by atoms with van der Waals surface area (Å²) in [7, 11) is -9.15. The normalized spacial score (nSPS) is 11.1. The molecule has 0 radical (unpaired) electrons. The molecule has 0 aliphatic rings. The molecule has 0 saturated carbocycles. The zero-order chi connectivity index (χ0) is 21.3. The number of nitro benzene ring substituents is 2. The van der Waals surface area contributed by atoms with Crippen LogP contribution in [0, 0.1) is 20.2 Å². The van der Waals surface area contributed by atoms with Crippen molar-refractivity contribution in [3.8, 4) is 0 Å². The Kier molecular flexibility index (Phi) is 11.5. The first-order valence-corrected chi connectivity index (χ1v) is 11.6. The third kappa shape index (κ3) is 7.72. The molecule has 0 aromatic heterocycles. The van der Waals surface area contributed by atoms with Crippen LogP contribution in [0.25, 0.3) is 0 Å². The van der Waals surface area contributed by atoms with Gasteiger partial charge in [-0.25, -0.2) is 16.8 Å². The second-order valence-corrected chi connectivity index (χ2v) is 9.76. The van der Waals surface area contributed by atoms with Crippen molar-refractivity contribution in [1.29, 1.82) is 0 Å². The fourth-order valence-corrected chi connectivity index (χ4v) is 6.30. The molecule has 18 heteroatoms. The maximum Gasteiger partial charge on any atom is 1.00 e. The molecule has 0 heterocycles. The van der Waals surface area contributed by atoms with E-state index in [2.05, 4.69) is 0 Å². The number of nitro groups is 2. The van der Waals surface area contributed by atoms with E-state index in [1.807, 2.05) is 0 Å². The predicted molar refractivity (Wildman–Crippen MR) is 93.8 cm³/mol. The van der Waals surface area contributed by atoms with E-state index in [0.29, 0.717) is 33.7 Å². The third-order valence-electron chi connectivity index (χ3n) is 3.04. The Labute approximate surface area is 222 Å². The number of hydrogen-bond donors (Lipinski definition) is 0. The number of non-ortho nitro benzene ring substituents is 2. The number of rotatable bonds is 7. The second kappa shape index (κ2) is 11.6. The van der Waals surface area contributed by atoms with Gasteiger partial charge in [0, 0.05) is 34.1 Å². The van der Waals surface area contributed by atoms with Crippen molar-refractivity contribution in [3.05, 3.63) is 56.6 Å². The predicted octanol–water partition coefficient (Wildman–Crippen LogP) is -3.88. The van der Waals surface area contributed by atoms with Gasteiger partial charge < -0.3 is 9.11 Å². The Balaban J connectivity index is 0.00000420. The molecule has 0 bridgehead atoms. The van der Waals surface area contributed by atoms with E-state index >= 15 is 0 Å². The quantitative estimate of drug-likeness (QED) is 0.115. The van der Waals surface area contributed by atoms with Crippen molar-refractivity contribution < 1.29 is 94.9 Å². The van der Waals surface area contributed by atoms with Crippen LogP contribution < -0.4 is 59.1 Å². The Morgan fingerprint density at radius 1 is 0.667 bits per heavy atom. The molecule has 12 nitrogen and oxygen atoms in total. The van der Waals surface area contributed by atoms with Gasteiger partial charge in [0.15, 0.2) is 0 Å². The smallest absolute Gasteiger partial charge is 0.744 e. The summed E-state index contributed by atoms with van der Waals surface area (Å²) in [5.41, 5.74) is -1.30. The molecular weight excluding hydrogens is 506 g/mol. The largest absolute Gasteiger partial charge is 1.00 e. The number of nitrogens with zero attached hydrogens (tertiary/aromatic N) is 2. The first-order valence-electron chi connectivity index (χ1n) is 6.64. The molecule has 0 spiro atoms. The molecule has 0 amide bonds. The van der Waals surface area contributed by atoms with Gasteiger partial charge in [-0.15, -0.1) is 0 Å². The molecule has 30 heavy (non-hydrogen) atoms. The molecule has 2 rings (SSSR count). The van der Waals surface area contributed by atoms with Gasteiger partial charge >= 0.3 is 59.1 Å². The summed E-state index contributed by atoms with van der Waals surface area (Å²) in [6.07, 6.45) is 0. The zero-order valence-corrected chi connectivity index (χ0v) is 22.3. The average Bonchev–Trinajstić information content (AvgIpc) is 2.57. The number of hydrogen-bond acceptors (Lipinski definition) is 12. The zero-order valence-electron chi connectivity index (χ0n) is 15.1. The van der Waals surface area contributed by atoms with Gasteiger partial charge in [0.05, 0.1) is 19.6 Å². The SMILES string of the molecule is O=[N+]([O-])c1ccc(SSc2ccc([N+](=O)[O-])cc2S(=O)(=O)[O-])c(S(=O)(=O)[O-])c1.[Na+].[Na+]. The molecule has 0 fully saturated rings. The van der Waals surface area contributed by atoms with E-state index in [1.165, 1.54) is 0 Å². The van der Waals surface area contributed by atoms with Crippen LogP contribution in [0.2, 0.25) is 0 Å². The first kappa shape index (κ1) is 29.8. The minimum absolute atomic E-state index is 0. The molecule has 2 aromatic carbocycles. The summed E-state index contributed by atoms with van der Waals surface area (Å²) in [5.74, 6) is 0. The minimum Gasteiger partial charge on any atom is -0.744 e. The van der Waals surface area contributed by atoms with Crippen LogP contribution in [0.4, 0.5) is 11.4 Å². The summed E-state index contributed by atoms with van der Waals surface area (Å²) >= 11 is 0. The average molecular weight is 512 g/mol. The Morgan fingerprint density at radius 2 is 0.967 bits per heavy atom. The van der Waals surface area contributed by atoms with Gasteiger partial charge in [0.25, 0.3) is 11.4 Å². The molecular formula is C12H6N2Na2O10S4. The Bertz CT molecular complexity index is 1090. The Morgan fingerprint density at radius 3 is 1.20 bits per heavy atom. The summed E-state index contributed by atoms with van der Waals surface area (Å²) in [6.45, 7) is 0. The van der Waals surface area contributed by atoms with Crippen LogP contribution in [0.5, 0.6) is 0 Å². The second-order valence-electron chi connectivity index (χ2n) is 4.85. The summed E-state index contributed by atoms with van der Waals surface area (Å²) in [6, 6.07) is 4.89. The van der Waals surface area contributed by atoms with Crippen LogP contribution in [0.15, 0.2) is 56.0 Å². The topological polar surface area (TPSA) is 201 Å². The van der Waals surface area contributed by atoms with Crippen molar-refractivity contribution >= 4 is 53.2 Å².